The maximum atomic E-state index is 12.3. The van der Waals surface area contributed by atoms with Crippen molar-refractivity contribution in [2.24, 2.45) is 0 Å². The Labute approximate surface area is 156 Å². The van der Waals surface area contributed by atoms with E-state index < -0.39 is 22.9 Å². The maximum absolute atomic E-state index is 12.3. The summed E-state index contributed by atoms with van der Waals surface area (Å²) in [5.74, 6) is -1.24. The van der Waals surface area contributed by atoms with Crippen LogP contribution in [0.15, 0.2) is 42.5 Å². The Morgan fingerprint density at radius 2 is 1.85 bits per heavy atom. The molecule has 0 aliphatic rings. The van der Waals surface area contributed by atoms with E-state index in [1.165, 1.54) is 26.2 Å². The Bertz CT molecular complexity index is 848. The molecule has 0 aromatic heterocycles. The SMILES string of the molecule is COc1ccc([N+](=O)[O-])cc1C(=O)O[C@@H](C)C(=O)NCc1ccc(C)cc1. The standard InChI is InChI=1S/C19H20N2O6/c1-12-4-6-14(7-5-12)11-20-18(22)13(2)27-19(23)16-10-15(21(24)25)8-9-17(16)26-3/h4-10,13H,11H2,1-3H3,(H,20,22)/t13-/m0/s1. The largest absolute Gasteiger partial charge is 0.496 e. The molecule has 0 aliphatic heterocycles. The van der Waals surface area contributed by atoms with Crippen LogP contribution in [0.1, 0.15) is 28.4 Å². The molecule has 0 fully saturated rings. The lowest BCUT2D eigenvalue weighted by molar-refractivity contribution is -0.384. The van der Waals surface area contributed by atoms with Crippen LogP contribution in [0, 0.1) is 17.0 Å². The van der Waals surface area contributed by atoms with Gasteiger partial charge in [0.1, 0.15) is 11.3 Å². The van der Waals surface area contributed by atoms with Crippen LogP contribution < -0.4 is 10.1 Å². The van der Waals surface area contributed by atoms with E-state index in [0.29, 0.717) is 6.54 Å². The fourth-order valence-electron chi connectivity index (χ4n) is 2.29. The Morgan fingerprint density at radius 3 is 2.44 bits per heavy atom. The number of hydrogen-bond acceptors (Lipinski definition) is 6. The number of hydrogen-bond donors (Lipinski definition) is 1. The van der Waals surface area contributed by atoms with E-state index in [4.69, 9.17) is 9.47 Å². The summed E-state index contributed by atoms with van der Waals surface area (Å²) in [5, 5.41) is 13.6. The molecule has 8 heteroatoms. The molecule has 1 N–H and O–H groups in total. The zero-order chi connectivity index (χ0) is 20.0. The predicted octanol–water partition coefficient (Wildman–Crippen LogP) is 2.77. The van der Waals surface area contributed by atoms with E-state index in [-0.39, 0.29) is 17.0 Å². The second-order valence-corrected chi connectivity index (χ2v) is 5.89. The van der Waals surface area contributed by atoms with Gasteiger partial charge >= 0.3 is 5.97 Å². The van der Waals surface area contributed by atoms with Crippen LogP contribution in [0.25, 0.3) is 0 Å². The van der Waals surface area contributed by atoms with Gasteiger partial charge in [0, 0.05) is 18.7 Å². The number of methoxy groups -OCH3 is 1. The highest BCUT2D eigenvalue weighted by molar-refractivity contribution is 5.95. The topological polar surface area (TPSA) is 108 Å². The van der Waals surface area contributed by atoms with Crippen LogP contribution in [0.2, 0.25) is 0 Å². The molecule has 1 atom stereocenters. The lowest BCUT2D eigenvalue weighted by Crippen LogP contribution is -2.35. The summed E-state index contributed by atoms with van der Waals surface area (Å²) in [4.78, 5) is 34.7. The predicted molar refractivity (Wildman–Crippen MR) is 97.6 cm³/mol. The van der Waals surface area contributed by atoms with Crippen LogP contribution >= 0.6 is 0 Å². The molecule has 0 radical (unpaired) electrons. The summed E-state index contributed by atoms with van der Waals surface area (Å²) in [7, 11) is 1.33. The highest BCUT2D eigenvalue weighted by atomic mass is 16.6. The molecule has 0 bridgehead atoms. The summed E-state index contributed by atoms with van der Waals surface area (Å²) in [5.41, 5.74) is 1.62. The molecular formula is C19H20N2O6. The number of amides is 1. The third kappa shape index (κ3) is 5.27. The maximum Gasteiger partial charge on any atom is 0.342 e. The molecule has 27 heavy (non-hydrogen) atoms. The van der Waals surface area contributed by atoms with E-state index in [1.807, 2.05) is 31.2 Å². The Morgan fingerprint density at radius 1 is 1.19 bits per heavy atom. The Kier molecular flexibility index (Phi) is 6.48. The number of nitro groups is 1. The van der Waals surface area contributed by atoms with E-state index in [2.05, 4.69) is 5.32 Å². The highest BCUT2D eigenvalue weighted by Gasteiger charge is 2.23. The summed E-state index contributed by atoms with van der Waals surface area (Å²) in [6.45, 7) is 3.68. The minimum atomic E-state index is -1.08. The van der Waals surface area contributed by atoms with Crippen LogP contribution in [-0.2, 0) is 16.1 Å². The van der Waals surface area contributed by atoms with Crippen LogP contribution in [0.4, 0.5) is 5.69 Å². The molecule has 2 aromatic rings. The molecular weight excluding hydrogens is 352 g/mol. The molecule has 0 heterocycles. The molecule has 8 nitrogen and oxygen atoms in total. The number of non-ortho nitro benzene ring substituents is 1. The number of ether oxygens (including phenoxy) is 2. The van der Waals surface area contributed by atoms with Gasteiger partial charge in [-0.25, -0.2) is 4.79 Å². The molecule has 0 spiro atoms. The number of esters is 1. The number of carbonyl (C=O) groups is 2. The van der Waals surface area contributed by atoms with Gasteiger partial charge in [-0.2, -0.15) is 0 Å². The molecule has 0 unspecified atom stereocenters. The third-order valence-corrected chi connectivity index (χ3v) is 3.85. The Hall–Kier alpha value is -3.42. The number of nitrogens with one attached hydrogen (secondary N) is 1. The lowest BCUT2D eigenvalue weighted by atomic mass is 10.1. The fourth-order valence-corrected chi connectivity index (χ4v) is 2.29. The summed E-state index contributed by atoms with van der Waals surface area (Å²) in [6, 6.07) is 11.2. The van der Waals surface area contributed by atoms with Crippen LogP contribution in [0.5, 0.6) is 5.75 Å². The fraction of sp³-hybridized carbons (Fsp3) is 0.263. The third-order valence-electron chi connectivity index (χ3n) is 3.85. The van der Waals surface area contributed by atoms with Crippen molar-refractivity contribution in [1.29, 1.82) is 0 Å². The van der Waals surface area contributed by atoms with Crippen LogP contribution in [-0.4, -0.2) is 30.0 Å². The zero-order valence-electron chi connectivity index (χ0n) is 15.2. The average Bonchev–Trinajstić information content (AvgIpc) is 2.66. The van der Waals surface area contributed by atoms with Gasteiger partial charge in [-0.3, -0.25) is 14.9 Å². The van der Waals surface area contributed by atoms with Crippen molar-refractivity contribution in [2.45, 2.75) is 26.5 Å². The molecule has 0 aliphatic carbocycles. The quantitative estimate of drug-likeness (QED) is 0.455. The molecule has 2 aromatic carbocycles. The monoisotopic (exact) mass is 372 g/mol. The first-order valence-electron chi connectivity index (χ1n) is 8.18. The van der Waals surface area contributed by atoms with Crippen molar-refractivity contribution in [3.8, 4) is 5.75 Å². The molecule has 2 rings (SSSR count). The summed E-state index contributed by atoms with van der Waals surface area (Å²) < 4.78 is 10.2. The van der Waals surface area contributed by atoms with Crippen molar-refractivity contribution in [2.75, 3.05) is 7.11 Å². The second kappa shape index (κ2) is 8.79. The molecule has 1 amide bonds. The van der Waals surface area contributed by atoms with Crippen molar-refractivity contribution >= 4 is 17.6 Å². The van der Waals surface area contributed by atoms with Gasteiger partial charge in [-0.1, -0.05) is 29.8 Å². The van der Waals surface area contributed by atoms with E-state index in [0.717, 1.165) is 17.2 Å². The van der Waals surface area contributed by atoms with Crippen molar-refractivity contribution in [3.05, 3.63) is 69.3 Å². The number of nitrogens with zero attached hydrogens (tertiary/aromatic N) is 1. The smallest absolute Gasteiger partial charge is 0.342 e. The van der Waals surface area contributed by atoms with Gasteiger partial charge in [0.05, 0.1) is 12.0 Å². The van der Waals surface area contributed by atoms with E-state index in [9.17, 15) is 19.7 Å². The van der Waals surface area contributed by atoms with Gasteiger partial charge < -0.3 is 14.8 Å². The normalized spacial score (nSPS) is 11.4. The number of benzene rings is 2. The average molecular weight is 372 g/mol. The molecule has 0 saturated heterocycles. The number of aryl methyl sites for hydroxylation is 1. The zero-order valence-corrected chi connectivity index (χ0v) is 15.2. The van der Waals surface area contributed by atoms with E-state index in [1.54, 1.807) is 0 Å². The summed E-state index contributed by atoms with van der Waals surface area (Å²) in [6.07, 6.45) is -1.08. The van der Waals surface area contributed by atoms with Gasteiger partial charge in [-0.05, 0) is 25.5 Å². The van der Waals surface area contributed by atoms with Gasteiger partial charge in [0.2, 0.25) is 0 Å². The van der Waals surface area contributed by atoms with Crippen molar-refractivity contribution in [1.82, 2.24) is 5.32 Å². The van der Waals surface area contributed by atoms with Gasteiger partial charge in [-0.15, -0.1) is 0 Å². The van der Waals surface area contributed by atoms with E-state index >= 15 is 0 Å². The Balaban J connectivity index is 2.01. The first-order valence-corrected chi connectivity index (χ1v) is 8.18. The first kappa shape index (κ1) is 19.9. The number of carbonyl (C=O) groups excluding carboxylic acids is 2. The second-order valence-electron chi connectivity index (χ2n) is 5.89. The number of rotatable bonds is 7. The summed E-state index contributed by atoms with van der Waals surface area (Å²) >= 11 is 0. The molecule has 0 saturated carbocycles. The molecule has 142 valence electrons. The van der Waals surface area contributed by atoms with Gasteiger partial charge in [0.25, 0.3) is 11.6 Å². The minimum absolute atomic E-state index is 0.120. The minimum Gasteiger partial charge on any atom is -0.496 e. The van der Waals surface area contributed by atoms with Crippen LogP contribution in [0.3, 0.4) is 0 Å². The van der Waals surface area contributed by atoms with Crippen molar-refractivity contribution in [3.63, 3.8) is 0 Å². The van der Waals surface area contributed by atoms with Gasteiger partial charge in [0.15, 0.2) is 6.10 Å². The van der Waals surface area contributed by atoms with Crippen molar-refractivity contribution < 1.29 is 24.0 Å². The highest BCUT2D eigenvalue weighted by Crippen LogP contribution is 2.25. The first-order chi connectivity index (χ1) is 12.8. The number of nitro benzene ring substituents is 1. The lowest BCUT2D eigenvalue weighted by Gasteiger charge is -2.15.